The fourth-order valence-corrected chi connectivity index (χ4v) is 1.15. The van der Waals surface area contributed by atoms with Gasteiger partial charge >= 0.3 is 0 Å². The molecule has 5 N–H and O–H groups in total. The highest BCUT2D eigenvalue weighted by Gasteiger charge is 2.36. The lowest BCUT2D eigenvalue weighted by Crippen LogP contribution is -2.51. The molecule has 4 atom stereocenters. The number of ether oxygens (including phenoxy) is 1. The van der Waals surface area contributed by atoms with Gasteiger partial charge < -0.3 is 20.1 Å². The van der Waals surface area contributed by atoms with Crippen molar-refractivity contribution in [2.75, 3.05) is 6.61 Å². The van der Waals surface area contributed by atoms with Crippen LogP contribution < -0.4 is 5.90 Å². The molecular formula is C6H13NO5. The van der Waals surface area contributed by atoms with E-state index in [9.17, 15) is 10.2 Å². The standard InChI is InChI=1S/C6H13NO5/c7-12-5-1-3(9)6(10)4(2-8)11-5/h3-6,8-10H,1-2,7H2/t3-,4?,5?,6?/m1/s1. The van der Waals surface area contributed by atoms with Crippen molar-refractivity contribution in [2.45, 2.75) is 31.0 Å². The zero-order chi connectivity index (χ0) is 9.14. The number of hydrogen-bond donors (Lipinski definition) is 4. The van der Waals surface area contributed by atoms with Gasteiger partial charge in [0.05, 0.1) is 12.7 Å². The van der Waals surface area contributed by atoms with Crippen molar-refractivity contribution in [1.82, 2.24) is 0 Å². The van der Waals surface area contributed by atoms with E-state index in [4.69, 9.17) is 15.7 Å². The predicted octanol–water partition coefficient (Wildman–Crippen LogP) is -2.29. The molecule has 0 spiro atoms. The lowest BCUT2D eigenvalue weighted by molar-refractivity contribution is -0.258. The summed E-state index contributed by atoms with van der Waals surface area (Å²) in [7, 11) is 0. The van der Waals surface area contributed by atoms with Crippen LogP contribution in [0.5, 0.6) is 0 Å². The first-order valence-electron chi connectivity index (χ1n) is 3.67. The Labute approximate surface area is 69.5 Å². The molecule has 0 bridgehead atoms. The smallest absolute Gasteiger partial charge is 0.180 e. The van der Waals surface area contributed by atoms with Crippen molar-refractivity contribution in [3.05, 3.63) is 0 Å². The highest BCUT2D eigenvalue weighted by Crippen LogP contribution is 2.19. The van der Waals surface area contributed by atoms with E-state index < -0.39 is 24.6 Å². The van der Waals surface area contributed by atoms with Crippen LogP contribution in [0.4, 0.5) is 0 Å². The summed E-state index contributed by atoms with van der Waals surface area (Å²) in [5.74, 6) is 4.83. The molecule has 12 heavy (non-hydrogen) atoms. The molecule has 1 saturated heterocycles. The van der Waals surface area contributed by atoms with Gasteiger partial charge in [-0.15, -0.1) is 0 Å². The number of hydrogen-bond acceptors (Lipinski definition) is 6. The highest BCUT2D eigenvalue weighted by atomic mass is 16.8. The van der Waals surface area contributed by atoms with Crippen LogP contribution in [0.2, 0.25) is 0 Å². The minimum Gasteiger partial charge on any atom is -0.394 e. The van der Waals surface area contributed by atoms with Crippen LogP contribution in [0.25, 0.3) is 0 Å². The van der Waals surface area contributed by atoms with Crippen molar-refractivity contribution < 1.29 is 24.9 Å². The summed E-state index contributed by atoms with van der Waals surface area (Å²) in [6.07, 6.45) is -3.54. The van der Waals surface area contributed by atoms with Gasteiger partial charge in [-0.25, -0.2) is 5.90 Å². The molecule has 0 radical (unpaired) electrons. The fraction of sp³-hybridized carbons (Fsp3) is 1.00. The van der Waals surface area contributed by atoms with Gasteiger partial charge in [0.2, 0.25) is 0 Å². The second-order valence-corrected chi connectivity index (χ2v) is 2.72. The second-order valence-electron chi connectivity index (χ2n) is 2.72. The molecule has 0 aromatic heterocycles. The molecule has 0 aliphatic carbocycles. The maximum absolute atomic E-state index is 9.22. The maximum Gasteiger partial charge on any atom is 0.180 e. The fourth-order valence-electron chi connectivity index (χ4n) is 1.15. The minimum absolute atomic E-state index is 0.105. The van der Waals surface area contributed by atoms with Crippen LogP contribution in [-0.2, 0) is 9.57 Å². The number of rotatable bonds is 2. The van der Waals surface area contributed by atoms with Crippen LogP contribution in [0.15, 0.2) is 0 Å². The van der Waals surface area contributed by atoms with E-state index in [1.807, 2.05) is 0 Å². The molecule has 3 unspecified atom stereocenters. The largest absolute Gasteiger partial charge is 0.394 e. The molecule has 1 aliphatic heterocycles. The zero-order valence-corrected chi connectivity index (χ0v) is 6.46. The molecule has 72 valence electrons. The zero-order valence-electron chi connectivity index (χ0n) is 6.46. The van der Waals surface area contributed by atoms with E-state index >= 15 is 0 Å². The Hall–Kier alpha value is -0.240. The van der Waals surface area contributed by atoms with E-state index in [2.05, 4.69) is 4.84 Å². The first-order valence-corrected chi connectivity index (χ1v) is 3.67. The summed E-state index contributed by atoms with van der Waals surface area (Å²) >= 11 is 0. The molecule has 0 amide bonds. The van der Waals surface area contributed by atoms with Gasteiger partial charge in [0.25, 0.3) is 0 Å². The van der Waals surface area contributed by atoms with Gasteiger partial charge in [0.1, 0.15) is 12.2 Å². The lowest BCUT2D eigenvalue weighted by atomic mass is 10.0. The third kappa shape index (κ3) is 1.92. The number of aliphatic hydroxyl groups is 3. The number of aliphatic hydroxyl groups excluding tert-OH is 3. The maximum atomic E-state index is 9.22. The molecule has 0 aromatic rings. The van der Waals surface area contributed by atoms with E-state index in [0.29, 0.717) is 0 Å². The average molecular weight is 179 g/mol. The van der Waals surface area contributed by atoms with Crippen LogP contribution in [0.1, 0.15) is 6.42 Å². The summed E-state index contributed by atoms with van der Waals surface area (Å²) in [5, 5.41) is 27.1. The Morgan fingerprint density at radius 3 is 2.67 bits per heavy atom. The highest BCUT2D eigenvalue weighted by molar-refractivity contribution is 4.81. The Bertz CT molecular complexity index is 144. The van der Waals surface area contributed by atoms with Gasteiger partial charge in [-0.1, -0.05) is 0 Å². The number of nitrogens with two attached hydrogens (primary N) is 1. The SMILES string of the molecule is NOC1C[C@@H](O)C(O)C(CO)O1. The summed E-state index contributed by atoms with van der Waals surface area (Å²) in [4.78, 5) is 4.34. The molecular weight excluding hydrogens is 166 g/mol. The Morgan fingerprint density at radius 1 is 1.50 bits per heavy atom. The van der Waals surface area contributed by atoms with E-state index in [-0.39, 0.29) is 13.0 Å². The topological polar surface area (TPSA) is 105 Å². The van der Waals surface area contributed by atoms with E-state index in [0.717, 1.165) is 0 Å². The van der Waals surface area contributed by atoms with Crippen molar-refractivity contribution in [3.63, 3.8) is 0 Å². The molecule has 1 fully saturated rings. The predicted molar refractivity (Wildman–Crippen MR) is 37.6 cm³/mol. The van der Waals surface area contributed by atoms with Crippen molar-refractivity contribution >= 4 is 0 Å². The third-order valence-corrected chi connectivity index (χ3v) is 1.87. The normalized spacial score (nSPS) is 43.0. The first-order chi connectivity index (χ1) is 5.69. The van der Waals surface area contributed by atoms with Crippen molar-refractivity contribution in [2.24, 2.45) is 5.90 Å². The molecule has 1 heterocycles. The molecule has 0 saturated carbocycles. The second kappa shape index (κ2) is 4.13. The summed E-state index contributed by atoms with van der Waals surface area (Å²) in [6.45, 7) is -0.377. The van der Waals surface area contributed by atoms with Gasteiger partial charge in [0, 0.05) is 6.42 Å². The van der Waals surface area contributed by atoms with Gasteiger partial charge in [-0.2, -0.15) is 0 Å². The van der Waals surface area contributed by atoms with Gasteiger partial charge in [0.15, 0.2) is 6.29 Å². The summed E-state index contributed by atoms with van der Waals surface area (Å²) < 4.78 is 4.96. The summed E-state index contributed by atoms with van der Waals surface area (Å²) in [5.41, 5.74) is 0. The molecule has 1 rings (SSSR count). The minimum atomic E-state index is -1.08. The molecule has 1 aliphatic rings. The van der Waals surface area contributed by atoms with Crippen LogP contribution in [0, 0.1) is 0 Å². The monoisotopic (exact) mass is 179 g/mol. The molecule has 6 heteroatoms. The Kier molecular flexibility index (Phi) is 3.39. The van der Waals surface area contributed by atoms with E-state index in [1.54, 1.807) is 0 Å². The van der Waals surface area contributed by atoms with Crippen LogP contribution >= 0.6 is 0 Å². The Morgan fingerprint density at radius 2 is 2.17 bits per heavy atom. The molecule has 0 aromatic carbocycles. The summed E-state index contributed by atoms with van der Waals surface area (Å²) in [6, 6.07) is 0. The lowest BCUT2D eigenvalue weighted by Gasteiger charge is -2.34. The van der Waals surface area contributed by atoms with Crippen molar-refractivity contribution in [1.29, 1.82) is 0 Å². The molecule has 6 nitrogen and oxygen atoms in total. The quantitative estimate of drug-likeness (QED) is 0.355. The first kappa shape index (κ1) is 9.85. The van der Waals surface area contributed by atoms with Crippen molar-refractivity contribution in [3.8, 4) is 0 Å². The van der Waals surface area contributed by atoms with Gasteiger partial charge in [-0.05, 0) is 0 Å². The third-order valence-electron chi connectivity index (χ3n) is 1.87. The Balaban J connectivity index is 2.52. The van der Waals surface area contributed by atoms with Gasteiger partial charge in [-0.3, -0.25) is 4.84 Å². The van der Waals surface area contributed by atoms with Crippen LogP contribution in [-0.4, -0.2) is 46.5 Å². The average Bonchev–Trinajstić information content (AvgIpc) is 2.09. The van der Waals surface area contributed by atoms with E-state index in [1.165, 1.54) is 0 Å². The van der Waals surface area contributed by atoms with Crippen LogP contribution in [0.3, 0.4) is 0 Å².